The normalized spacial score (nSPS) is 17.6. The smallest absolute Gasteiger partial charge is 0.268 e. The molecule has 0 aliphatic carbocycles. The summed E-state index contributed by atoms with van der Waals surface area (Å²) >= 11 is 6.72. The van der Waals surface area contributed by atoms with Crippen molar-refractivity contribution in [3.63, 3.8) is 0 Å². The molecule has 5 heteroatoms. The molecule has 1 saturated heterocycles. The molecule has 0 radical (unpaired) electrons. The van der Waals surface area contributed by atoms with Crippen LogP contribution >= 0.6 is 23.4 Å². The first-order valence-corrected chi connectivity index (χ1v) is 6.43. The van der Waals surface area contributed by atoms with Crippen molar-refractivity contribution in [3.8, 4) is 0 Å². The third-order valence-electron chi connectivity index (χ3n) is 2.35. The number of rotatable bonds is 3. The first-order valence-electron chi connectivity index (χ1n) is 5.23. The van der Waals surface area contributed by atoms with Gasteiger partial charge in [-0.3, -0.25) is 14.5 Å². The third kappa shape index (κ3) is 2.66. The van der Waals surface area contributed by atoms with Gasteiger partial charge in [-0.2, -0.15) is 0 Å². The molecule has 1 heterocycles. The van der Waals surface area contributed by atoms with Gasteiger partial charge in [0.15, 0.2) is 0 Å². The van der Waals surface area contributed by atoms with E-state index in [2.05, 4.69) is 6.58 Å². The highest BCUT2D eigenvalue weighted by molar-refractivity contribution is 8.18. The Kier molecular flexibility index (Phi) is 3.89. The number of halogens is 1. The zero-order chi connectivity index (χ0) is 13.1. The largest absolute Gasteiger partial charge is 0.293 e. The van der Waals surface area contributed by atoms with Gasteiger partial charge in [-0.1, -0.05) is 29.8 Å². The van der Waals surface area contributed by atoms with Crippen molar-refractivity contribution in [1.82, 2.24) is 4.90 Å². The molecule has 2 amide bonds. The van der Waals surface area contributed by atoms with Crippen LogP contribution in [0.3, 0.4) is 0 Å². The zero-order valence-electron chi connectivity index (χ0n) is 9.43. The van der Waals surface area contributed by atoms with Crippen LogP contribution in [0.15, 0.2) is 41.8 Å². The summed E-state index contributed by atoms with van der Waals surface area (Å²) in [7, 11) is 0. The summed E-state index contributed by atoms with van der Waals surface area (Å²) in [5.74, 6) is -0.278. The quantitative estimate of drug-likeness (QED) is 0.627. The monoisotopic (exact) mass is 279 g/mol. The van der Waals surface area contributed by atoms with Crippen LogP contribution in [0.1, 0.15) is 5.56 Å². The maximum absolute atomic E-state index is 11.9. The molecule has 0 spiro atoms. The van der Waals surface area contributed by atoms with Crippen LogP contribution in [0.5, 0.6) is 0 Å². The van der Waals surface area contributed by atoms with Gasteiger partial charge >= 0.3 is 0 Å². The molecule has 0 bridgehead atoms. The van der Waals surface area contributed by atoms with Gasteiger partial charge in [-0.15, -0.1) is 6.58 Å². The van der Waals surface area contributed by atoms with Gasteiger partial charge in [-0.25, -0.2) is 0 Å². The fourth-order valence-corrected chi connectivity index (χ4v) is 2.47. The Balaban J connectivity index is 2.24. The number of nitrogens with zero attached hydrogens (tertiary/aromatic N) is 1. The van der Waals surface area contributed by atoms with E-state index in [-0.39, 0.29) is 17.7 Å². The van der Waals surface area contributed by atoms with Crippen molar-refractivity contribution in [3.05, 3.63) is 52.4 Å². The Morgan fingerprint density at radius 3 is 2.56 bits per heavy atom. The van der Waals surface area contributed by atoms with Crippen molar-refractivity contribution >= 4 is 40.6 Å². The molecule has 1 aromatic rings. The molecule has 2 rings (SSSR count). The van der Waals surface area contributed by atoms with Crippen molar-refractivity contribution in [2.75, 3.05) is 6.54 Å². The summed E-state index contributed by atoms with van der Waals surface area (Å²) in [6.45, 7) is 3.76. The minimum absolute atomic E-state index is 0.239. The van der Waals surface area contributed by atoms with Crippen LogP contribution in [0.2, 0.25) is 5.02 Å². The summed E-state index contributed by atoms with van der Waals surface area (Å²) in [6, 6.07) is 7.07. The highest BCUT2D eigenvalue weighted by atomic mass is 35.5. The second-order valence-corrected chi connectivity index (χ2v) is 5.06. The number of thioether (sulfide) groups is 1. The molecule has 1 aromatic carbocycles. The van der Waals surface area contributed by atoms with E-state index in [1.807, 2.05) is 0 Å². The standard InChI is InChI=1S/C13H10ClNO2S/c1-2-7-15-12(16)11(18-13(15)17)8-9-3-5-10(14)6-4-9/h2-6,8H,1,7H2/b11-8-. The second-order valence-electron chi connectivity index (χ2n) is 3.63. The van der Waals surface area contributed by atoms with Crippen molar-refractivity contribution in [2.24, 2.45) is 0 Å². The van der Waals surface area contributed by atoms with Crippen LogP contribution in [0.25, 0.3) is 6.08 Å². The fraction of sp³-hybridized carbons (Fsp3) is 0.0769. The first-order chi connectivity index (χ1) is 8.61. The zero-order valence-corrected chi connectivity index (χ0v) is 11.0. The molecule has 3 nitrogen and oxygen atoms in total. The predicted molar refractivity (Wildman–Crippen MR) is 74.3 cm³/mol. The van der Waals surface area contributed by atoms with Crippen LogP contribution in [0.4, 0.5) is 4.79 Å². The number of hydrogen-bond donors (Lipinski definition) is 0. The maximum Gasteiger partial charge on any atom is 0.293 e. The SMILES string of the molecule is C=CCN1C(=O)S/C(=C\c2ccc(Cl)cc2)C1=O. The molecule has 1 aliphatic heterocycles. The Morgan fingerprint density at radius 2 is 1.94 bits per heavy atom. The number of amides is 2. The molecule has 1 aliphatic rings. The molecular weight excluding hydrogens is 270 g/mol. The lowest BCUT2D eigenvalue weighted by Gasteiger charge is -2.07. The second kappa shape index (κ2) is 5.42. The van der Waals surface area contributed by atoms with E-state index in [1.165, 1.54) is 11.0 Å². The van der Waals surface area contributed by atoms with Crippen LogP contribution in [-0.2, 0) is 4.79 Å². The van der Waals surface area contributed by atoms with E-state index in [0.29, 0.717) is 9.93 Å². The number of carbonyl (C=O) groups excluding carboxylic acids is 2. The maximum atomic E-state index is 11.9. The Bertz CT molecular complexity index is 536. The summed E-state index contributed by atoms with van der Waals surface area (Å²) in [5, 5.41) is 0.368. The van der Waals surface area contributed by atoms with Gasteiger partial charge in [0.05, 0.1) is 4.91 Å². The molecule has 0 saturated carbocycles. The van der Waals surface area contributed by atoms with Gasteiger partial charge < -0.3 is 0 Å². The van der Waals surface area contributed by atoms with Gasteiger partial charge in [0, 0.05) is 11.6 Å². The number of carbonyl (C=O) groups is 2. The lowest BCUT2D eigenvalue weighted by molar-refractivity contribution is -0.122. The van der Waals surface area contributed by atoms with E-state index in [4.69, 9.17) is 11.6 Å². The highest BCUT2D eigenvalue weighted by Crippen LogP contribution is 2.32. The molecule has 0 unspecified atom stereocenters. The Hall–Kier alpha value is -1.52. The van der Waals surface area contributed by atoms with Crippen LogP contribution in [0, 0.1) is 0 Å². The van der Waals surface area contributed by atoms with E-state index in [9.17, 15) is 9.59 Å². The molecule has 18 heavy (non-hydrogen) atoms. The third-order valence-corrected chi connectivity index (χ3v) is 3.51. The first kappa shape index (κ1) is 12.9. The lowest BCUT2D eigenvalue weighted by atomic mass is 10.2. The van der Waals surface area contributed by atoms with Crippen LogP contribution in [-0.4, -0.2) is 22.6 Å². The van der Waals surface area contributed by atoms with E-state index in [0.717, 1.165) is 17.3 Å². The molecule has 1 fully saturated rings. The molecule has 0 N–H and O–H groups in total. The van der Waals surface area contributed by atoms with Crippen molar-refractivity contribution in [1.29, 1.82) is 0 Å². The molecule has 92 valence electrons. The van der Waals surface area contributed by atoms with Crippen molar-refractivity contribution < 1.29 is 9.59 Å². The summed E-state index contributed by atoms with van der Waals surface area (Å²) in [5.41, 5.74) is 0.837. The summed E-state index contributed by atoms with van der Waals surface area (Å²) in [6.07, 6.45) is 3.21. The number of imide groups is 1. The van der Waals surface area contributed by atoms with Gasteiger partial charge in [-0.05, 0) is 35.5 Å². The van der Waals surface area contributed by atoms with Gasteiger partial charge in [0.1, 0.15) is 0 Å². The highest BCUT2D eigenvalue weighted by Gasteiger charge is 2.33. The number of benzene rings is 1. The average molecular weight is 280 g/mol. The van der Waals surface area contributed by atoms with E-state index < -0.39 is 0 Å². The topological polar surface area (TPSA) is 37.4 Å². The van der Waals surface area contributed by atoms with Crippen LogP contribution < -0.4 is 0 Å². The van der Waals surface area contributed by atoms with Gasteiger partial charge in [0.25, 0.3) is 11.1 Å². The number of hydrogen-bond acceptors (Lipinski definition) is 3. The minimum atomic E-state index is -0.278. The molecule has 0 aromatic heterocycles. The molecular formula is C13H10ClNO2S. The Labute approximate surface area is 114 Å². The summed E-state index contributed by atoms with van der Waals surface area (Å²) in [4.78, 5) is 25.1. The average Bonchev–Trinajstić information content (AvgIpc) is 2.60. The summed E-state index contributed by atoms with van der Waals surface area (Å²) < 4.78 is 0. The van der Waals surface area contributed by atoms with Crippen molar-refractivity contribution in [2.45, 2.75) is 0 Å². The lowest BCUT2D eigenvalue weighted by Crippen LogP contribution is -2.27. The fourth-order valence-electron chi connectivity index (χ4n) is 1.50. The Morgan fingerprint density at radius 1 is 1.28 bits per heavy atom. The van der Waals surface area contributed by atoms with E-state index >= 15 is 0 Å². The predicted octanol–water partition coefficient (Wildman–Crippen LogP) is 3.56. The molecule has 0 atom stereocenters. The van der Waals surface area contributed by atoms with Gasteiger partial charge in [0.2, 0.25) is 0 Å². The van der Waals surface area contributed by atoms with E-state index in [1.54, 1.807) is 30.3 Å². The minimum Gasteiger partial charge on any atom is -0.268 e.